The first-order valence-electron chi connectivity index (χ1n) is 4.89. The van der Waals surface area contributed by atoms with Crippen molar-refractivity contribution in [3.63, 3.8) is 0 Å². The average molecular weight is 280 g/mol. The number of pyridine rings is 1. The molecule has 0 aliphatic rings. The third-order valence-electron chi connectivity index (χ3n) is 1.93. The zero-order valence-electron chi connectivity index (χ0n) is 10.2. The first-order chi connectivity index (χ1) is 6.90. The molecule has 0 spiro atoms. The van der Waals surface area contributed by atoms with Crippen LogP contribution in [0.3, 0.4) is 0 Å². The number of nitrogens with one attached hydrogen (secondary N) is 1. The summed E-state index contributed by atoms with van der Waals surface area (Å²) in [7, 11) is 0. The van der Waals surface area contributed by atoms with E-state index in [1.807, 2.05) is 26.8 Å². The molecular formula is C11H19Cl2N3O. The van der Waals surface area contributed by atoms with Crippen LogP contribution in [0.2, 0.25) is 0 Å². The number of rotatable bonds is 3. The van der Waals surface area contributed by atoms with Crippen LogP contribution >= 0.6 is 24.8 Å². The Balaban J connectivity index is 0. The predicted molar refractivity (Wildman–Crippen MR) is 74.1 cm³/mol. The fraction of sp³-hybridized carbons (Fsp3) is 0.455. The van der Waals surface area contributed by atoms with Crippen molar-refractivity contribution in [1.82, 2.24) is 10.3 Å². The van der Waals surface area contributed by atoms with Crippen molar-refractivity contribution in [2.24, 2.45) is 5.73 Å². The van der Waals surface area contributed by atoms with E-state index in [0.29, 0.717) is 12.2 Å². The highest BCUT2D eigenvalue weighted by molar-refractivity contribution is 5.93. The summed E-state index contributed by atoms with van der Waals surface area (Å²) in [5.41, 5.74) is 6.69. The minimum absolute atomic E-state index is 0. The Labute approximate surface area is 114 Å². The Morgan fingerprint density at radius 2 is 2.06 bits per heavy atom. The van der Waals surface area contributed by atoms with Crippen LogP contribution in [0.5, 0.6) is 0 Å². The Morgan fingerprint density at radius 3 is 2.53 bits per heavy atom. The monoisotopic (exact) mass is 279 g/mol. The lowest BCUT2D eigenvalue weighted by Crippen LogP contribution is -2.45. The van der Waals surface area contributed by atoms with E-state index in [0.717, 1.165) is 5.56 Å². The van der Waals surface area contributed by atoms with Crippen LogP contribution in [-0.4, -0.2) is 23.0 Å². The van der Waals surface area contributed by atoms with E-state index < -0.39 is 5.54 Å². The van der Waals surface area contributed by atoms with E-state index in [-0.39, 0.29) is 30.7 Å². The normalized spacial score (nSPS) is 9.88. The third kappa shape index (κ3) is 6.46. The molecule has 1 heterocycles. The minimum atomic E-state index is -0.404. The number of halogens is 2. The molecule has 6 heteroatoms. The molecule has 1 amide bonds. The molecule has 0 aliphatic carbocycles. The molecule has 0 bridgehead atoms. The number of carbonyl (C=O) groups is 1. The molecular weight excluding hydrogens is 261 g/mol. The first kappa shape index (κ1) is 18.5. The van der Waals surface area contributed by atoms with Gasteiger partial charge in [0.15, 0.2) is 0 Å². The maximum Gasteiger partial charge on any atom is 0.270 e. The molecule has 0 aliphatic heterocycles. The summed E-state index contributed by atoms with van der Waals surface area (Å²) < 4.78 is 0. The van der Waals surface area contributed by atoms with E-state index in [1.165, 1.54) is 0 Å². The summed E-state index contributed by atoms with van der Waals surface area (Å²) in [5.74, 6) is -0.174. The third-order valence-corrected chi connectivity index (χ3v) is 1.93. The molecule has 1 rings (SSSR count). The lowest BCUT2D eigenvalue weighted by molar-refractivity contribution is 0.0940. The van der Waals surface area contributed by atoms with Gasteiger partial charge in [-0.05, 0) is 32.4 Å². The smallest absolute Gasteiger partial charge is 0.270 e. The highest BCUT2D eigenvalue weighted by atomic mass is 35.5. The van der Waals surface area contributed by atoms with Crippen molar-refractivity contribution in [2.75, 3.05) is 6.54 Å². The second-order valence-electron chi connectivity index (χ2n) is 4.34. The highest BCUT2D eigenvalue weighted by Gasteiger charge is 2.14. The lowest BCUT2D eigenvalue weighted by Gasteiger charge is -2.18. The van der Waals surface area contributed by atoms with Crippen LogP contribution in [0, 0.1) is 6.92 Å². The predicted octanol–water partition coefficient (Wildman–Crippen LogP) is 1.70. The molecule has 0 fully saturated rings. The van der Waals surface area contributed by atoms with Crippen LogP contribution in [0.1, 0.15) is 29.9 Å². The van der Waals surface area contributed by atoms with Gasteiger partial charge >= 0.3 is 0 Å². The van der Waals surface area contributed by atoms with Gasteiger partial charge in [-0.3, -0.25) is 9.78 Å². The van der Waals surface area contributed by atoms with E-state index in [1.54, 1.807) is 12.3 Å². The number of nitrogens with zero attached hydrogens (tertiary/aromatic N) is 1. The van der Waals surface area contributed by atoms with Crippen LogP contribution in [0.15, 0.2) is 18.3 Å². The average Bonchev–Trinajstić information content (AvgIpc) is 2.14. The zero-order chi connectivity index (χ0) is 11.5. The Hall–Kier alpha value is -0.840. The SMILES string of the molecule is Cc1cccnc1C(=O)NCC(C)(C)N.Cl.Cl. The Bertz CT molecular complexity index is 364. The van der Waals surface area contributed by atoms with Gasteiger partial charge in [-0.1, -0.05) is 6.07 Å². The number of hydrogen-bond donors (Lipinski definition) is 2. The first-order valence-corrected chi connectivity index (χ1v) is 4.89. The summed E-state index contributed by atoms with van der Waals surface area (Å²) in [6, 6.07) is 3.66. The van der Waals surface area contributed by atoms with Gasteiger partial charge in [0.25, 0.3) is 5.91 Å². The van der Waals surface area contributed by atoms with Gasteiger partial charge < -0.3 is 11.1 Å². The van der Waals surface area contributed by atoms with Crippen molar-refractivity contribution in [3.05, 3.63) is 29.6 Å². The summed E-state index contributed by atoms with van der Waals surface area (Å²) in [5, 5.41) is 2.75. The molecule has 0 unspecified atom stereocenters. The van der Waals surface area contributed by atoms with Crippen LogP contribution in [0.25, 0.3) is 0 Å². The number of nitrogens with two attached hydrogens (primary N) is 1. The summed E-state index contributed by atoms with van der Waals surface area (Å²) in [6.45, 7) is 6.01. The standard InChI is InChI=1S/C11H17N3O.2ClH/c1-8-5-4-6-13-9(8)10(15)14-7-11(2,3)12;;/h4-6H,7,12H2,1-3H3,(H,14,15);2*1H. The fourth-order valence-corrected chi connectivity index (χ4v) is 1.12. The number of aromatic nitrogens is 1. The summed E-state index contributed by atoms with van der Waals surface area (Å²) >= 11 is 0. The minimum Gasteiger partial charge on any atom is -0.349 e. The van der Waals surface area contributed by atoms with Gasteiger partial charge in [-0.2, -0.15) is 0 Å². The summed E-state index contributed by atoms with van der Waals surface area (Å²) in [6.07, 6.45) is 1.61. The molecule has 3 N–H and O–H groups in total. The van der Waals surface area contributed by atoms with Gasteiger partial charge in [0, 0.05) is 18.3 Å². The van der Waals surface area contributed by atoms with Crippen molar-refractivity contribution in [3.8, 4) is 0 Å². The molecule has 17 heavy (non-hydrogen) atoms. The van der Waals surface area contributed by atoms with E-state index in [2.05, 4.69) is 10.3 Å². The second kappa shape index (κ2) is 7.48. The quantitative estimate of drug-likeness (QED) is 0.885. The Kier molecular flexibility index (Phi) is 8.15. The molecule has 1 aromatic heterocycles. The number of carbonyl (C=O) groups excluding carboxylic acids is 1. The van der Waals surface area contributed by atoms with Gasteiger partial charge in [-0.25, -0.2) is 0 Å². The van der Waals surface area contributed by atoms with Crippen molar-refractivity contribution in [2.45, 2.75) is 26.3 Å². The topological polar surface area (TPSA) is 68.0 Å². The van der Waals surface area contributed by atoms with Crippen LogP contribution in [-0.2, 0) is 0 Å². The molecule has 1 aromatic rings. The molecule has 0 radical (unpaired) electrons. The highest BCUT2D eigenvalue weighted by Crippen LogP contribution is 2.03. The Morgan fingerprint density at radius 1 is 1.47 bits per heavy atom. The van der Waals surface area contributed by atoms with Gasteiger partial charge in [0.2, 0.25) is 0 Å². The molecule has 98 valence electrons. The second-order valence-corrected chi connectivity index (χ2v) is 4.34. The number of hydrogen-bond acceptors (Lipinski definition) is 3. The number of aryl methyl sites for hydroxylation is 1. The molecule has 4 nitrogen and oxygen atoms in total. The molecule has 0 aromatic carbocycles. The van der Waals surface area contributed by atoms with Gasteiger partial charge in [0.1, 0.15) is 5.69 Å². The molecule has 0 saturated carbocycles. The number of amides is 1. The van der Waals surface area contributed by atoms with Crippen molar-refractivity contribution < 1.29 is 4.79 Å². The van der Waals surface area contributed by atoms with E-state index in [9.17, 15) is 4.79 Å². The van der Waals surface area contributed by atoms with Crippen molar-refractivity contribution in [1.29, 1.82) is 0 Å². The maximum atomic E-state index is 11.7. The van der Waals surface area contributed by atoms with Gasteiger partial charge in [0.05, 0.1) is 0 Å². The molecule has 0 atom stereocenters. The van der Waals surface area contributed by atoms with E-state index in [4.69, 9.17) is 5.73 Å². The molecule has 0 saturated heterocycles. The van der Waals surface area contributed by atoms with Crippen LogP contribution < -0.4 is 11.1 Å². The van der Waals surface area contributed by atoms with Gasteiger partial charge in [-0.15, -0.1) is 24.8 Å². The van der Waals surface area contributed by atoms with Crippen LogP contribution in [0.4, 0.5) is 0 Å². The fourth-order valence-electron chi connectivity index (χ4n) is 1.12. The van der Waals surface area contributed by atoms with Crippen molar-refractivity contribution >= 4 is 30.7 Å². The van der Waals surface area contributed by atoms with E-state index >= 15 is 0 Å². The summed E-state index contributed by atoms with van der Waals surface area (Å²) in [4.78, 5) is 15.7. The maximum absolute atomic E-state index is 11.7. The largest absolute Gasteiger partial charge is 0.349 e. The zero-order valence-corrected chi connectivity index (χ0v) is 11.8. The lowest BCUT2D eigenvalue weighted by atomic mass is 10.1.